The van der Waals surface area contributed by atoms with Crippen LogP contribution in [-0.2, 0) is 0 Å². The lowest BCUT2D eigenvalue weighted by atomic mass is 10.1. The topological polar surface area (TPSA) is 76.0 Å². The molecule has 2 aromatic heterocycles. The number of aromatic nitrogens is 3. The monoisotopic (exact) mass is 217 g/mol. The van der Waals surface area contributed by atoms with Crippen molar-refractivity contribution in [3.63, 3.8) is 0 Å². The van der Waals surface area contributed by atoms with Crippen molar-refractivity contribution in [3.8, 4) is 11.4 Å². The van der Waals surface area contributed by atoms with E-state index in [1.165, 1.54) is 18.6 Å². The maximum atomic E-state index is 10.9. The third-order valence-corrected chi connectivity index (χ3v) is 1.86. The molecule has 0 fully saturated rings. The molecule has 2 aromatic rings. The highest BCUT2D eigenvalue weighted by atomic mass is 16.4. The Morgan fingerprint density at radius 1 is 1.19 bits per heavy atom. The number of aromatic carboxylic acids is 1. The van der Waals surface area contributed by atoms with Crippen LogP contribution in [0.3, 0.4) is 0 Å². The summed E-state index contributed by atoms with van der Waals surface area (Å²) in [5.41, 5.74) is 0.992. The predicted octanol–water partition coefficient (Wildman–Crippen LogP) is 1.87. The molecule has 0 atom stereocenters. The van der Waals surface area contributed by atoms with E-state index < -0.39 is 5.97 Å². The number of pyridine rings is 1. The second-order valence-electron chi connectivity index (χ2n) is 2.80. The first-order chi connectivity index (χ1) is 7.29. The van der Waals surface area contributed by atoms with Gasteiger partial charge >= 0.3 is 5.97 Å². The van der Waals surface area contributed by atoms with Crippen molar-refractivity contribution in [2.24, 2.45) is 0 Å². The maximum Gasteiger partial charge on any atom is 0.337 e. The molecule has 0 bridgehead atoms. The molecule has 5 heteroatoms. The van der Waals surface area contributed by atoms with Crippen LogP contribution < -0.4 is 0 Å². The first-order valence-electron chi connectivity index (χ1n) is 4.24. The van der Waals surface area contributed by atoms with Gasteiger partial charge in [0, 0.05) is 12.4 Å². The highest BCUT2D eigenvalue weighted by Gasteiger charge is 2.12. The smallest absolute Gasteiger partial charge is 0.337 e. The lowest BCUT2D eigenvalue weighted by molar-refractivity contribution is 0.0697. The predicted molar refractivity (Wildman–Crippen MR) is 59.0 cm³/mol. The lowest BCUT2D eigenvalue weighted by Crippen LogP contribution is -2.01. The molecule has 82 valence electrons. The number of hydrogen-bond donors (Lipinski definition) is 1. The fraction of sp³-hybridized carbons (Fsp3) is 0.0909. The second-order valence-corrected chi connectivity index (χ2v) is 2.80. The summed E-state index contributed by atoms with van der Waals surface area (Å²) >= 11 is 0. The van der Waals surface area contributed by atoms with Crippen LogP contribution in [0.1, 0.15) is 17.8 Å². The molecule has 0 radical (unpaired) electrons. The zero-order valence-corrected chi connectivity index (χ0v) is 7.66. The molecule has 0 unspecified atom stereocenters. The van der Waals surface area contributed by atoms with Gasteiger partial charge in [-0.25, -0.2) is 14.8 Å². The van der Waals surface area contributed by atoms with Crippen LogP contribution >= 0.6 is 0 Å². The number of carboxylic acids is 1. The molecule has 2 rings (SSSR count). The number of hydrogen-bond acceptors (Lipinski definition) is 4. The average Bonchev–Trinajstić information content (AvgIpc) is 2.30. The molecule has 0 aromatic carbocycles. The van der Waals surface area contributed by atoms with Gasteiger partial charge in [0.2, 0.25) is 0 Å². The van der Waals surface area contributed by atoms with Crippen LogP contribution in [0.2, 0.25) is 0 Å². The van der Waals surface area contributed by atoms with E-state index in [9.17, 15) is 4.79 Å². The van der Waals surface area contributed by atoms with E-state index in [-0.39, 0.29) is 13.0 Å². The summed E-state index contributed by atoms with van der Waals surface area (Å²) in [6.07, 6.45) is 4.43. The van der Waals surface area contributed by atoms with Gasteiger partial charge in [0.15, 0.2) is 0 Å². The molecule has 0 aliphatic carbocycles. The van der Waals surface area contributed by atoms with Crippen LogP contribution in [-0.4, -0.2) is 26.0 Å². The zero-order chi connectivity index (χ0) is 10.7. The molecule has 0 aliphatic rings. The summed E-state index contributed by atoms with van der Waals surface area (Å²) in [7, 11) is 0. The normalized spacial score (nSPS) is 9.25. The minimum atomic E-state index is -1.02. The summed E-state index contributed by atoms with van der Waals surface area (Å²) in [6.45, 7) is 0. The third kappa shape index (κ3) is 2.20. The Kier molecular flexibility index (Phi) is 3.66. The third-order valence-electron chi connectivity index (χ3n) is 1.86. The zero-order valence-electron chi connectivity index (χ0n) is 7.66. The van der Waals surface area contributed by atoms with E-state index in [0.717, 1.165) is 0 Å². The summed E-state index contributed by atoms with van der Waals surface area (Å²) in [6, 6.07) is 4.69. The van der Waals surface area contributed by atoms with Crippen molar-refractivity contribution in [2.75, 3.05) is 0 Å². The molecule has 5 nitrogen and oxygen atoms in total. The summed E-state index contributed by atoms with van der Waals surface area (Å²) in [5.74, 6) is -1.02. The van der Waals surface area contributed by atoms with Crippen molar-refractivity contribution in [2.45, 2.75) is 7.43 Å². The Hall–Kier alpha value is -2.30. The fourth-order valence-corrected chi connectivity index (χ4v) is 1.21. The number of nitrogens with zero attached hydrogens (tertiary/aromatic N) is 3. The average molecular weight is 217 g/mol. The van der Waals surface area contributed by atoms with E-state index in [1.54, 1.807) is 18.3 Å². The minimum absolute atomic E-state index is 0. The Labute approximate surface area is 92.8 Å². The van der Waals surface area contributed by atoms with Crippen LogP contribution in [0.5, 0.6) is 0 Å². The molecule has 0 amide bonds. The first kappa shape index (κ1) is 11.8. The molecule has 0 aliphatic heterocycles. The van der Waals surface area contributed by atoms with Crippen LogP contribution in [0.25, 0.3) is 11.4 Å². The molecular formula is C11H11N3O2. The largest absolute Gasteiger partial charge is 0.478 e. The Morgan fingerprint density at radius 3 is 2.62 bits per heavy atom. The van der Waals surface area contributed by atoms with Gasteiger partial charge < -0.3 is 5.11 Å². The summed E-state index contributed by atoms with van der Waals surface area (Å²) < 4.78 is 0. The molecule has 0 saturated carbocycles. The van der Waals surface area contributed by atoms with Crippen molar-refractivity contribution in [3.05, 3.63) is 42.5 Å². The number of rotatable bonds is 2. The van der Waals surface area contributed by atoms with Crippen LogP contribution in [0.15, 0.2) is 36.9 Å². The van der Waals surface area contributed by atoms with Crippen molar-refractivity contribution < 1.29 is 9.90 Å². The van der Waals surface area contributed by atoms with Gasteiger partial charge in [-0.3, -0.25) is 4.98 Å². The highest BCUT2D eigenvalue weighted by molar-refractivity contribution is 5.94. The van der Waals surface area contributed by atoms with E-state index in [2.05, 4.69) is 15.0 Å². The second kappa shape index (κ2) is 4.97. The van der Waals surface area contributed by atoms with Gasteiger partial charge in [-0.15, -0.1) is 0 Å². The Morgan fingerprint density at radius 2 is 2.00 bits per heavy atom. The van der Waals surface area contributed by atoms with Crippen LogP contribution in [0, 0.1) is 0 Å². The van der Waals surface area contributed by atoms with Gasteiger partial charge in [0.25, 0.3) is 0 Å². The van der Waals surface area contributed by atoms with E-state index in [0.29, 0.717) is 11.4 Å². The van der Waals surface area contributed by atoms with Crippen molar-refractivity contribution >= 4 is 5.97 Å². The molecular weight excluding hydrogens is 206 g/mol. The van der Waals surface area contributed by atoms with Crippen molar-refractivity contribution in [1.29, 1.82) is 0 Å². The molecule has 0 saturated heterocycles. The van der Waals surface area contributed by atoms with Gasteiger partial charge in [0.05, 0.1) is 11.3 Å². The highest BCUT2D eigenvalue weighted by Crippen LogP contribution is 2.17. The maximum absolute atomic E-state index is 10.9. The van der Waals surface area contributed by atoms with E-state index >= 15 is 0 Å². The molecule has 2 heterocycles. The summed E-state index contributed by atoms with van der Waals surface area (Å²) in [5, 5.41) is 8.94. The quantitative estimate of drug-likeness (QED) is 0.831. The van der Waals surface area contributed by atoms with E-state index in [1.807, 2.05) is 0 Å². The Balaban J connectivity index is 0.00000128. The van der Waals surface area contributed by atoms with E-state index in [4.69, 9.17) is 5.11 Å². The fourth-order valence-electron chi connectivity index (χ4n) is 1.21. The van der Waals surface area contributed by atoms with Crippen molar-refractivity contribution in [1.82, 2.24) is 15.0 Å². The lowest BCUT2D eigenvalue weighted by Gasteiger charge is -2.02. The molecule has 16 heavy (non-hydrogen) atoms. The van der Waals surface area contributed by atoms with Gasteiger partial charge in [0.1, 0.15) is 12.0 Å². The standard InChI is InChI=1S/C10H7N3O2.CH4/c14-10(15)7-2-1-4-12-9(7)8-3-5-11-6-13-8;/h1-6H,(H,14,15);1H4. The summed E-state index contributed by atoms with van der Waals surface area (Å²) in [4.78, 5) is 22.6. The SMILES string of the molecule is C.O=C(O)c1cccnc1-c1ccncn1. The molecule has 1 N–H and O–H groups in total. The van der Waals surface area contributed by atoms with Gasteiger partial charge in [-0.05, 0) is 18.2 Å². The van der Waals surface area contributed by atoms with Crippen LogP contribution in [0.4, 0.5) is 0 Å². The minimum Gasteiger partial charge on any atom is -0.478 e. The molecule has 0 spiro atoms. The number of carbonyl (C=O) groups is 1. The Bertz CT molecular complexity index is 486. The first-order valence-corrected chi connectivity index (χ1v) is 4.24. The van der Waals surface area contributed by atoms with Gasteiger partial charge in [-0.2, -0.15) is 0 Å². The number of carboxylic acid groups (broad SMARTS) is 1. The van der Waals surface area contributed by atoms with Gasteiger partial charge in [-0.1, -0.05) is 7.43 Å².